The fourth-order valence-corrected chi connectivity index (χ4v) is 2.56. The zero-order valence-electron chi connectivity index (χ0n) is 13.3. The SMILES string of the molecule is O=C(Cc1cc(-c2cc3ccccc3o2)on1)Nc1ccc(F)c(F)c1. The van der Waals surface area contributed by atoms with Crippen LogP contribution in [0.15, 0.2) is 63.5 Å². The lowest BCUT2D eigenvalue weighted by Crippen LogP contribution is -2.14. The Morgan fingerprint density at radius 3 is 2.65 bits per heavy atom. The average molecular weight is 354 g/mol. The Hall–Kier alpha value is -3.48. The molecule has 0 spiro atoms. The van der Waals surface area contributed by atoms with Gasteiger partial charge in [0, 0.05) is 23.2 Å². The highest BCUT2D eigenvalue weighted by atomic mass is 19.2. The molecule has 0 aliphatic rings. The van der Waals surface area contributed by atoms with Gasteiger partial charge in [0.15, 0.2) is 17.4 Å². The van der Waals surface area contributed by atoms with Crippen molar-refractivity contribution in [1.82, 2.24) is 5.16 Å². The van der Waals surface area contributed by atoms with Crippen molar-refractivity contribution in [3.8, 4) is 11.5 Å². The number of nitrogens with zero attached hydrogens (tertiary/aromatic N) is 1. The summed E-state index contributed by atoms with van der Waals surface area (Å²) in [5.74, 6) is -1.53. The van der Waals surface area contributed by atoms with Gasteiger partial charge in [0.05, 0.1) is 12.1 Å². The van der Waals surface area contributed by atoms with Crippen molar-refractivity contribution in [3.05, 3.63) is 71.9 Å². The number of aromatic nitrogens is 1. The van der Waals surface area contributed by atoms with Crippen LogP contribution < -0.4 is 5.32 Å². The molecule has 5 nitrogen and oxygen atoms in total. The van der Waals surface area contributed by atoms with Gasteiger partial charge in [-0.15, -0.1) is 0 Å². The lowest BCUT2D eigenvalue weighted by molar-refractivity contribution is -0.115. The Morgan fingerprint density at radius 1 is 1.00 bits per heavy atom. The van der Waals surface area contributed by atoms with E-state index in [1.165, 1.54) is 6.07 Å². The number of furan rings is 1. The lowest BCUT2D eigenvalue weighted by atomic mass is 10.2. The van der Waals surface area contributed by atoms with Crippen LogP contribution in [0.4, 0.5) is 14.5 Å². The first-order valence-corrected chi connectivity index (χ1v) is 7.78. The minimum atomic E-state index is -1.03. The standard InChI is InChI=1S/C19H12F2N2O3/c20-14-6-5-12(8-15(14)21)22-19(24)10-13-9-18(26-23-13)17-7-11-3-1-2-4-16(11)25-17/h1-9H,10H2,(H,22,24). The third kappa shape index (κ3) is 3.19. The van der Waals surface area contributed by atoms with Crippen molar-refractivity contribution in [2.45, 2.75) is 6.42 Å². The normalized spacial score (nSPS) is 11.0. The highest BCUT2D eigenvalue weighted by molar-refractivity contribution is 5.92. The smallest absolute Gasteiger partial charge is 0.230 e. The second-order valence-corrected chi connectivity index (χ2v) is 5.68. The topological polar surface area (TPSA) is 68.3 Å². The number of hydrogen-bond acceptors (Lipinski definition) is 4. The third-order valence-corrected chi connectivity index (χ3v) is 3.77. The van der Waals surface area contributed by atoms with Gasteiger partial charge >= 0.3 is 0 Å². The zero-order valence-corrected chi connectivity index (χ0v) is 13.3. The number of anilines is 1. The number of para-hydroxylation sites is 1. The van der Waals surface area contributed by atoms with E-state index in [2.05, 4.69) is 10.5 Å². The number of halogens is 2. The predicted octanol–water partition coefficient (Wildman–Crippen LogP) is 4.55. The molecule has 4 aromatic rings. The van der Waals surface area contributed by atoms with Crippen LogP contribution in [0.1, 0.15) is 5.69 Å². The largest absolute Gasteiger partial charge is 0.453 e. The van der Waals surface area contributed by atoms with Crippen molar-refractivity contribution in [2.75, 3.05) is 5.32 Å². The summed E-state index contributed by atoms with van der Waals surface area (Å²) in [7, 11) is 0. The molecule has 2 aromatic heterocycles. The molecule has 7 heteroatoms. The summed E-state index contributed by atoms with van der Waals surface area (Å²) < 4.78 is 37.0. The molecular weight excluding hydrogens is 342 g/mol. The van der Waals surface area contributed by atoms with Crippen LogP contribution >= 0.6 is 0 Å². The molecule has 0 fully saturated rings. The van der Waals surface area contributed by atoms with Crippen molar-refractivity contribution >= 4 is 22.6 Å². The number of hydrogen-bond donors (Lipinski definition) is 1. The van der Waals surface area contributed by atoms with Crippen LogP contribution in [0.25, 0.3) is 22.5 Å². The number of amides is 1. The van der Waals surface area contributed by atoms with Gasteiger partial charge in [-0.2, -0.15) is 0 Å². The fourth-order valence-electron chi connectivity index (χ4n) is 2.56. The Kier molecular flexibility index (Phi) is 3.96. The van der Waals surface area contributed by atoms with Gasteiger partial charge in [-0.25, -0.2) is 8.78 Å². The second-order valence-electron chi connectivity index (χ2n) is 5.68. The number of benzene rings is 2. The maximum atomic E-state index is 13.2. The van der Waals surface area contributed by atoms with Crippen molar-refractivity contribution in [3.63, 3.8) is 0 Å². The van der Waals surface area contributed by atoms with Gasteiger partial charge in [-0.1, -0.05) is 23.4 Å². The minimum absolute atomic E-state index is 0.0806. The summed E-state index contributed by atoms with van der Waals surface area (Å²) in [5.41, 5.74) is 1.27. The molecule has 0 aliphatic carbocycles. The molecule has 0 aliphatic heterocycles. The highest BCUT2D eigenvalue weighted by Crippen LogP contribution is 2.28. The molecule has 0 radical (unpaired) electrons. The maximum absolute atomic E-state index is 13.2. The van der Waals surface area contributed by atoms with Crippen molar-refractivity contribution in [2.24, 2.45) is 0 Å². The van der Waals surface area contributed by atoms with Crippen LogP contribution in [-0.2, 0) is 11.2 Å². The first-order chi connectivity index (χ1) is 12.6. The van der Waals surface area contributed by atoms with E-state index in [4.69, 9.17) is 8.94 Å². The zero-order chi connectivity index (χ0) is 18.1. The molecule has 0 saturated carbocycles. The van der Waals surface area contributed by atoms with E-state index in [-0.39, 0.29) is 12.1 Å². The first kappa shape index (κ1) is 16.0. The van der Waals surface area contributed by atoms with E-state index in [9.17, 15) is 13.6 Å². The maximum Gasteiger partial charge on any atom is 0.230 e. The van der Waals surface area contributed by atoms with Crippen LogP contribution in [0.2, 0.25) is 0 Å². The van der Waals surface area contributed by atoms with Gasteiger partial charge in [-0.05, 0) is 24.3 Å². The summed E-state index contributed by atoms with van der Waals surface area (Å²) in [6, 6.07) is 14.1. The van der Waals surface area contributed by atoms with E-state index >= 15 is 0 Å². The van der Waals surface area contributed by atoms with Gasteiger partial charge in [0.1, 0.15) is 5.58 Å². The Labute approximate surface area is 146 Å². The van der Waals surface area contributed by atoms with E-state index < -0.39 is 17.5 Å². The first-order valence-electron chi connectivity index (χ1n) is 7.78. The molecule has 0 atom stereocenters. The Bertz CT molecular complexity index is 1070. The second kappa shape index (κ2) is 6.44. The quantitative estimate of drug-likeness (QED) is 0.584. The Morgan fingerprint density at radius 2 is 1.85 bits per heavy atom. The number of rotatable bonds is 4. The molecule has 0 unspecified atom stereocenters. The van der Waals surface area contributed by atoms with Gasteiger partial charge in [0.25, 0.3) is 0 Å². The average Bonchev–Trinajstić information content (AvgIpc) is 3.24. The number of carbonyl (C=O) groups excluding carboxylic acids is 1. The van der Waals surface area contributed by atoms with Crippen molar-refractivity contribution < 1.29 is 22.5 Å². The number of carbonyl (C=O) groups is 1. The van der Waals surface area contributed by atoms with Crippen LogP contribution in [-0.4, -0.2) is 11.1 Å². The van der Waals surface area contributed by atoms with E-state index in [0.717, 1.165) is 23.1 Å². The van der Waals surface area contributed by atoms with E-state index in [1.54, 1.807) is 6.07 Å². The van der Waals surface area contributed by atoms with Crippen LogP contribution in [0.3, 0.4) is 0 Å². The minimum Gasteiger partial charge on any atom is -0.453 e. The summed E-state index contributed by atoms with van der Waals surface area (Å²) >= 11 is 0. The molecule has 2 aromatic carbocycles. The van der Waals surface area contributed by atoms with E-state index in [1.807, 2.05) is 30.3 Å². The lowest BCUT2D eigenvalue weighted by Gasteiger charge is -2.03. The fraction of sp³-hybridized carbons (Fsp3) is 0.0526. The van der Waals surface area contributed by atoms with E-state index in [0.29, 0.717) is 17.2 Å². The van der Waals surface area contributed by atoms with Gasteiger partial charge in [-0.3, -0.25) is 4.79 Å². The molecular formula is C19H12F2N2O3. The van der Waals surface area contributed by atoms with Gasteiger partial charge in [0.2, 0.25) is 11.7 Å². The summed E-state index contributed by atoms with van der Waals surface area (Å²) in [5, 5.41) is 7.25. The molecule has 1 N–H and O–H groups in total. The number of nitrogens with one attached hydrogen (secondary N) is 1. The summed E-state index contributed by atoms with van der Waals surface area (Å²) in [6.45, 7) is 0. The molecule has 130 valence electrons. The molecule has 0 bridgehead atoms. The molecule has 0 saturated heterocycles. The molecule has 2 heterocycles. The number of fused-ring (bicyclic) bond motifs is 1. The van der Waals surface area contributed by atoms with Crippen LogP contribution in [0.5, 0.6) is 0 Å². The predicted molar refractivity (Wildman–Crippen MR) is 90.4 cm³/mol. The van der Waals surface area contributed by atoms with Crippen molar-refractivity contribution in [1.29, 1.82) is 0 Å². The monoisotopic (exact) mass is 354 g/mol. The Balaban J connectivity index is 1.47. The molecule has 26 heavy (non-hydrogen) atoms. The summed E-state index contributed by atoms with van der Waals surface area (Å²) in [6.07, 6.45) is -0.0806. The molecule has 1 amide bonds. The highest BCUT2D eigenvalue weighted by Gasteiger charge is 2.14. The summed E-state index contributed by atoms with van der Waals surface area (Å²) in [4.78, 5) is 12.0. The van der Waals surface area contributed by atoms with Gasteiger partial charge < -0.3 is 14.3 Å². The van der Waals surface area contributed by atoms with Crippen LogP contribution in [0, 0.1) is 11.6 Å². The third-order valence-electron chi connectivity index (χ3n) is 3.77. The molecule has 4 rings (SSSR count).